The lowest BCUT2D eigenvalue weighted by Crippen LogP contribution is -2.52. The Bertz CT molecular complexity index is 307. The minimum atomic E-state index is -0.185. The first-order chi connectivity index (χ1) is 9.10. The molecule has 0 aromatic carbocycles. The van der Waals surface area contributed by atoms with Crippen LogP contribution in [0.5, 0.6) is 0 Å². The number of piperidine rings is 1. The fourth-order valence-electron chi connectivity index (χ4n) is 2.81. The van der Waals surface area contributed by atoms with Crippen LogP contribution in [0.3, 0.4) is 0 Å². The largest absolute Gasteiger partial charge is 0.468 e. The van der Waals surface area contributed by atoms with E-state index in [-0.39, 0.29) is 12.0 Å². The number of likely N-dealkylation sites (N-methyl/N-ethyl adjacent to an activating group) is 2. The Hall–Kier alpha value is -0.650. The summed E-state index contributed by atoms with van der Waals surface area (Å²) < 4.78 is 4.91. The predicted molar refractivity (Wildman–Crippen MR) is 75.1 cm³/mol. The monoisotopic (exact) mass is 269 g/mol. The normalized spacial score (nSPS) is 26.4. The van der Waals surface area contributed by atoms with E-state index in [0.29, 0.717) is 12.1 Å². The SMILES string of the molecule is COC(=O)C(CN(C)C1CCCN(C)C1)NC1CC1. The van der Waals surface area contributed by atoms with Gasteiger partial charge in [-0.1, -0.05) is 0 Å². The molecule has 5 heteroatoms. The molecule has 0 spiro atoms. The van der Waals surface area contributed by atoms with Gasteiger partial charge in [0.25, 0.3) is 0 Å². The zero-order chi connectivity index (χ0) is 13.8. The Morgan fingerprint density at radius 3 is 2.79 bits per heavy atom. The number of rotatable bonds is 6. The number of esters is 1. The first-order valence-electron chi connectivity index (χ1n) is 7.33. The highest BCUT2D eigenvalue weighted by Gasteiger charge is 2.31. The van der Waals surface area contributed by atoms with Crippen molar-refractivity contribution in [1.82, 2.24) is 15.1 Å². The highest BCUT2D eigenvalue weighted by Crippen LogP contribution is 2.20. The third-order valence-corrected chi connectivity index (χ3v) is 4.19. The Balaban J connectivity index is 1.85. The number of carbonyl (C=O) groups is 1. The van der Waals surface area contributed by atoms with Crippen LogP contribution in [-0.4, -0.2) is 74.7 Å². The van der Waals surface area contributed by atoms with Gasteiger partial charge in [0.05, 0.1) is 7.11 Å². The molecule has 2 fully saturated rings. The zero-order valence-electron chi connectivity index (χ0n) is 12.4. The lowest BCUT2D eigenvalue weighted by molar-refractivity contribution is -0.143. The Labute approximate surface area is 116 Å². The number of hydrogen-bond acceptors (Lipinski definition) is 5. The van der Waals surface area contributed by atoms with Gasteiger partial charge >= 0.3 is 5.97 Å². The fourth-order valence-corrected chi connectivity index (χ4v) is 2.81. The number of carbonyl (C=O) groups excluding carboxylic acids is 1. The molecule has 110 valence electrons. The van der Waals surface area contributed by atoms with Crippen LogP contribution in [0, 0.1) is 0 Å². The first kappa shape index (κ1) is 14.8. The maximum absolute atomic E-state index is 11.8. The van der Waals surface area contributed by atoms with E-state index in [1.807, 2.05) is 0 Å². The molecule has 0 amide bonds. The topological polar surface area (TPSA) is 44.8 Å². The molecular formula is C14H27N3O2. The van der Waals surface area contributed by atoms with Crippen LogP contribution in [0.1, 0.15) is 25.7 Å². The second kappa shape index (κ2) is 6.68. The summed E-state index contributed by atoms with van der Waals surface area (Å²) >= 11 is 0. The van der Waals surface area contributed by atoms with E-state index in [4.69, 9.17) is 4.74 Å². The van der Waals surface area contributed by atoms with Crippen LogP contribution in [-0.2, 0) is 9.53 Å². The van der Waals surface area contributed by atoms with Gasteiger partial charge in [-0.15, -0.1) is 0 Å². The van der Waals surface area contributed by atoms with E-state index in [0.717, 1.165) is 13.1 Å². The number of nitrogens with one attached hydrogen (secondary N) is 1. The number of methoxy groups -OCH3 is 1. The van der Waals surface area contributed by atoms with E-state index < -0.39 is 0 Å². The molecule has 1 saturated carbocycles. The molecule has 1 aliphatic carbocycles. The van der Waals surface area contributed by atoms with Gasteiger partial charge in [0.1, 0.15) is 6.04 Å². The summed E-state index contributed by atoms with van der Waals surface area (Å²) in [5.41, 5.74) is 0. The average Bonchev–Trinajstić information content (AvgIpc) is 3.21. The molecule has 0 bridgehead atoms. The summed E-state index contributed by atoms with van der Waals surface area (Å²) in [6.45, 7) is 3.01. The summed E-state index contributed by atoms with van der Waals surface area (Å²) in [4.78, 5) is 16.5. The van der Waals surface area contributed by atoms with Crippen LogP contribution < -0.4 is 5.32 Å². The molecule has 0 radical (unpaired) electrons. The van der Waals surface area contributed by atoms with Crippen molar-refractivity contribution in [3.63, 3.8) is 0 Å². The van der Waals surface area contributed by atoms with Crippen LogP contribution in [0.15, 0.2) is 0 Å². The summed E-state index contributed by atoms with van der Waals surface area (Å²) in [5, 5.41) is 3.39. The maximum atomic E-state index is 11.8. The lowest BCUT2D eigenvalue weighted by atomic mass is 10.0. The molecule has 0 aromatic heterocycles. The molecule has 5 nitrogen and oxygen atoms in total. The van der Waals surface area contributed by atoms with Crippen molar-refractivity contribution in [3.05, 3.63) is 0 Å². The van der Waals surface area contributed by atoms with Gasteiger partial charge in [-0.05, 0) is 46.3 Å². The molecule has 2 atom stereocenters. The molecule has 1 heterocycles. The molecule has 2 aliphatic rings. The Morgan fingerprint density at radius 2 is 2.21 bits per heavy atom. The second-order valence-corrected chi connectivity index (χ2v) is 6.01. The number of hydrogen-bond donors (Lipinski definition) is 1. The average molecular weight is 269 g/mol. The quantitative estimate of drug-likeness (QED) is 0.703. The van der Waals surface area contributed by atoms with E-state index in [9.17, 15) is 4.79 Å². The first-order valence-corrected chi connectivity index (χ1v) is 7.33. The summed E-state index contributed by atoms with van der Waals surface area (Å²) in [6.07, 6.45) is 4.83. The Morgan fingerprint density at radius 1 is 1.47 bits per heavy atom. The summed E-state index contributed by atoms with van der Waals surface area (Å²) in [5.74, 6) is -0.136. The second-order valence-electron chi connectivity index (χ2n) is 6.01. The van der Waals surface area contributed by atoms with Gasteiger partial charge in [0.15, 0.2) is 0 Å². The van der Waals surface area contributed by atoms with E-state index in [1.54, 1.807) is 0 Å². The summed E-state index contributed by atoms with van der Waals surface area (Å²) in [7, 11) is 5.76. The molecule has 2 rings (SSSR count). The predicted octanol–water partition coefficient (Wildman–Crippen LogP) is 0.306. The van der Waals surface area contributed by atoms with E-state index in [2.05, 4.69) is 29.2 Å². The zero-order valence-corrected chi connectivity index (χ0v) is 12.4. The highest BCUT2D eigenvalue weighted by atomic mass is 16.5. The van der Waals surface area contributed by atoms with Gasteiger partial charge in [-0.25, -0.2) is 0 Å². The number of ether oxygens (including phenoxy) is 1. The molecule has 1 aliphatic heterocycles. The number of nitrogens with zero attached hydrogens (tertiary/aromatic N) is 2. The lowest BCUT2D eigenvalue weighted by Gasteiger charge is -2.37. The fraction of sp³-hybridized carbons (Fsp3) is 0.929. The third kappa shape index (κ3) is 4.44. The van der Waals surface area contributed by atoms with Crippen LogP contribution in [0.2, 0.25) is 0 Å². The standard InChI is InChI=1S/C14H27N3O2/c1-16-8-4-5-12(9-16)17(2)10-13(14(18)19-3)15-11-6-7-11/h11-13,15H,4-10H2,1-3H3. The van der Waals surface area contributed by atoms with Crippen molar-refractivity contribution in [3.8, 4) is 0 Å². The van der Waals surface area contributed by atoms with Gasteiger partial charge in [-0.3, -0.25) is 9.69 Å². The van der Waals surface area contributed by atoms with Gasteiger partial charge in [0.2, 0.25) is 0 Å². The van der Waals surface area contributed by atoms with E-state index >= 15 is 0 Å². The highest BCUT2D eigenvalue weighted by molar-refractivity contribution is 5.76. The minimum absolute atomic E-state index is 0.136. The molecular weight excluding hydrogens is 242 g/mol. The Kier molecular flexibility index (Phi) is 5.19. The van der Waals surface area contributed by atoms with Crippen molar-refractivity contribution >= 4 is 5.97 Å². The van der Waals surface area contributed by atoms with Crippen LogP contribution in [0.25, 0.3) is 0 Å². The van der Waals surface area contributed by atoms with Crippen molar-refractivity contribution in [2.24, 2.45) is 0 Å². The summed E-state index contributed by atoms with van der Waals surface area (Å²) in [6, 6.07) is 0.883. The van der Waals surface area contributed by atoms with Crippen molar-refractivity contribution in [2.75, 3.05) is 40.8 Å². The minimum Gasteiger partial charge on any atom is -0.468 e. The molecule has 19 heavy (non-hydrogen) atoms. The van der Waals surface area contributed by atoms with E-state index in [1.165, 1.54) is 39.3 Å². The number of likely N-dealkylation sites (tertiary alicyclic amines) is 1. The van der Waals surface area contributed by atoms with Crippen molar-refractivity contribution < 1.29 is 9.53 Å². The van der Waals surface area contributed by atoms with Crippen LogP contribution >= 0.6 is 0 Å². The van der Waals surface area contributed by atoms with Gasteiger partial charge < -0.3 is 15.0 Å². The van der Waals surface area contributed by atoms with Gasteiger partial charge in [0, 0.05) is 25.2 Å². The molecule has 1 saturated heterocycles. The molecule has 2 unspecified atom stereocenters. The van der Waals surface area contributed by atoms with Crippen LogP contribution in [0.4, 0.5) is 0 Å². The molecule has 0 aromatic rings. The third-order valence-electron chi connectivity index (χ3n) is 4.19. The molecule has 1 N–H and O–H groups in total. The maximum Gasteiger partial charge on any atom is 0.324 e. The van der Waals surface area contributed by atoms with Crippen molar-refractivity contribution in [1.29, 1.82) is 0 Å². The van der Waals surface area contributed by atoms with Crippen molar-refractivity contribution in [2.45, 2.75) is 43.8 Å². The van der Waals surface area contributed by atoms with Gasteiger partial charge in [-0.2, -0.15) is 0 Å². The smallest absolute Gasteiger partial charge is 0.324 e.